The SMILES string of the molecule is Cc1cccc(-c2noc(-c3ccc(Cl)cc3Cl)n2)c1. The van der Waals surface area contributed by atoms with Gasteiger partial charge in [0, 0.05) is 10.6 Å². The number of benzene rings is 2. The monoisotopic (exact) mass is 304 g/mol. The Balaban J connectivity index is 2.02. The molecule has 3 rings (SSSR count). The molecule has 5 heteroatoms. The van der Waals surface area contributed by atoms with E-state index in [1.54, 1.807) is 18.2 Å². The number of hydrogen-bond acceptors (Lipinski definition) is 3. The van der Waals surface area contributed by atoms with E-state index >= 15 is 0 Å². The van der Waals surface area contributed by atoms with Gasteiger partial charge in [0.05, 0.1) is 10.6 Å². The molecule has 3 aromatic rings. The molecule has 20 heavy (non-hydrogen) atoms. The van der Waals surface area contributed by atoms with Crippen LogP contribution in [0.15, 0.2) is 47.0 Å². The topological polar surface area (TPSA) is 38.9 Å². The van der Waals surface area contributed by atoms with Crippen LogP contribution < -0.4 is 0 Å². The number of aryl methyl sites for hydroxylation is 1. The molecule has 0 saturated carbocycles. The lowest BCUT2D eigenvalue weighted by Gasteiger charge is -1.98. The summed E-state index contributed by atoms with van der Waals surface area (Å²) >= 11 is 12.0. The first-order valence-corrected chi connectivity index (χ1v) is 6.75. The zero-order valence-electron chi connectivity index (χ0n) is 10.6. The van der Waals surface area contributed by atoms with Crippen molar-refractivity contribution in [3.05, 3.63) is 58.1 Å². The highest BCUT2D eigenvalue weighted by molar-refractivity contribution is 6.36. The molecule has 0 saturated heterocycles. The van der Waals surface area contributed by atoms with E-state index in [1.165, 1.54) is 0 Å². The Morgan fingerprint density at radius 1 is 1.05 bits per heavy atom. The summed E-state index contributed by atoms with van der Waals surface area (Å²) in [6.45, 7) is 2.01. The Morgan fingerprint density at radius 3 is 2.65 bits per heavy atom. The molecule has 0 bridgehead atoms. The van der Waals surface area contributed by atoms with Crippen LogP contribution in [-0.2, 0) is 0 Å². The number of nitrogens with zero attached hydrogens (tertiary/aromatic N) is 2. The fourth-order valence-corrected chi connectivity index (χ4v) is 2.39. The van der Waals surface area contributed by atoms with Gasteiger partial charge < -0.3 is 4.52 Å². The van der Waals surface area contributed by atoms with E-state index in [0.717, 1.165) is 11.1 Å². The van der Waals surface area contributed by atoms with Crippen LogP contribution in [0.2, 0.25) is 10.0 Å². The lowest BCUT2D eigenvalue weighted by atomic mass is 10.1. The molecule has 2 aromatic carbocycles. The largest absolute Gasteiger partial charge is 0.334 e. The third kappa shape index (κ3) is 2.55. The summed E-state index contributed by atoms with van der Waals surface area (Å²) in [6.07, 6.45) is 0. The van der Waals surface area contributed by atoms with Gasteiger partial charge in [0.25, 0.3) is 5.89 Å². The van der Waals surface area contributed by atoms with E-state index in [-0.39, 0.29) is 0 Å². The van der Waals surface area contributed by atoms with Gasteiger partial charge in [-0.2, -0.15) is 4.98 Å². The summed E-state index contributed by atoms with van der Waals surface area (Å²) in [5, 5.41) is 5.04. The van der Waals surface area contributed by atoms with Crippen LogP contribution in [0.3, 0.4) is 0 Å². The molecular weight excluding hydrogens is 295 g/mol. The third-order valence-corrected chi connectivity index (χ3v) is 3.41. The van der Waals surface area contributed by atoms with Gasteiger partial charge in [-0.05, 0) is 31.2 Å². The van der Waals surface area contributed by atoms with Crippen molar-refractivity contribution in [1.82, 2.24) is 10.1 Å². The molecule has 0 amide bonds. The van der Waals surface area contributed by atoms with Gasteiger partial charge in [-0.25, -0.2) is 0 Å². The maximum Gasteiger partial charge on any atom is 0.259 e. The molecular formula is C15H10Cl2N2O. The minimum absolute atomic E-state index is 0.378. The van der Waals surface area contributed by atoms with Crippen LogP contribution in [0.1, 0.15) is 5.56 Å². The maximum absolute atomic E-state index is 6.13. The van der Waals surface area contributed by atoms with E-state index in [4.69, 9.17) is 27.7 Å². The molecule has 0 aliphatic heterocycles. The minimum atomic E-state index is 0.378. The summed E-state index contributed by atoms with van der Waals surface area (Å²) in [4.78, 5) is 4.38. The normalized spacial score (nSPS) is 10.8. The van der Waals surface area contributed by atoms with Crippen LogP contribution in [0.25, 0.3) is 22.8 Å². The first-order valence-electron chi connectivity index (χ1n) is 5.99. The van der Waals surface area contributed by atoms with Crippen LogP contribution >= 0.6 is 23.2 Å². The minimum Gasteiger partial charge on any atom is -0.334 e. The Hall–Kier alpha value is -1.84. The first kappa shape index (κ1) is 13.2. The molecule has 0 radical (unpaired) electrons. The molecule has 1 heterocycles. The standard InChI is InChI=1S/C15H10Cl2N2O/c1-9-3-2-4-10(7-9)14-18-15(20-19-14)12-6-5-11(16)8-13(12)17/h2-8H,1H3. The van der Waals surface area contributed by atoms with Crippen LogP contribution in [0, 0.1) is 6.92 Å². The van der Waals surface area contributed by atoms with Crippen molar-refractivity contribution in [2.24, 2.45) is 0 Å². The van der Waals surface area contributed by atoms with E-state index in [9.17, 15) is 0 Å². The van der Waals surface area contributed by atoms with Gasteiger partial charge in [0.1, 0.15) is 0 Å². The maximum atomic E-state index is 6.13. The molecule has 0 fully saturated rings. The Bertz CT molecular complexity index is 768. The molecule has 0 atom stereocenters. The van der Waals surface area contributed by atoms with Crippen molar-refractivity contribution in [1.29, 1.82) is 0 Å². The Morgan fingerprint density at radius 2 is 1.90 bits per heavy atom. The molecule has 0 spiro atoms. The van der Waals surface area contributed by atoms with E-state index in [2.05, 4.69) is 10.1 Å². The molecule has 0 aliphatic rings. The van der Waals surface area contributed by atoms with Gasteiger partial charge in [-0.3, -0.25) is 0 Å². The summed E-state index contributed by atoms with van der Waals surface area (Å²) < 4.78 is 5.28. The summed E-state index contributed by atoms with van der Waals surface area (Å²) in [5.41, 5.74) is 2.71. The Kier molecular flexibility index (Phi) is 3.47. The van der Waals surface area contributed by atoms with Crippen molar-refractivity contribution in [2.75, 3.05) is 0 Å². The highest BCUT2D eigenvalue weighted by Crippen LogP contribution is 2.30. The van der Waals surface area contributed by atoms with Gasteiger partial charge in [0.15, 0.2) is 0 Å². The highest BCUT2D eigenvalue weighted by atomic mass is 35.5. The quantitative estimate of drug-likeness (QED) is 0.667. The third-order valence-electron chi connectivity index (χ3n) is 2.86. The smallest absolute Gasteiger partial charge is 0.259 e. The zero-order chi connectivity index (χ0) is 14.1. The van der Waals surface area contributed by atoms with Gasteiger partial charge in [-0.1, -0.05) is 52.1 Å². The predicted molar refractivity (Wildman–Crippen MR) is 79.9 cm³/mol. The first-order chi connectivity index (χ1) is 9.63. The second-order valence-corrected chi connectivity index (χ2v) is 5.26. The lowest BCUT2D eigenvalue weighted by Crippen LogP contribution is -1.83. The molecule has 0 aliphatic carbocycles. The average Bonchev–Trinajstić information content (AvgIpc) is 2.88. The van der Waals surface area contributed by atoms with Crippen LogP contribution in [0.5, 0.6) is 0 Å². The fraction of sp³-hybridized carbons (Fsp3) is 0.0667. The van der Waals surface area contributed by atoms with Crippen molar-refractivity contribution >= 4 is 23.2 Å². The molecule has 0 unspecified atom stereocenters. The number of hydrogen-bond donors (Lipinski definition) is 0. The van der Waals surface area contributed by atoms with Crippen molar-refractivity contribution in [3.8, 4) is 22.8 Å². The van der Waals surface area contributed by atoms with E-state index in [1.807, 2.05) is 31.2 Å². The van der Waals surface area contributed by atoms with Crippen LogP contribution in [-0.4, -0.2) is 10.1 Å². The molecule has 3 nitrogen and oxygen atoms in total. The van der Waals surface area contributed by atoms with E-state index in [0.29, 0.717) is 27.3 Å². The number of rotatable bonds is 2. The zero-order valence-corrected chi connectivity index (χ0v) is 12.1. The summed E-state index contributed by atoms with van der Waals surface area (Å²) in [6, 6.07) is 13.0. The van der Waals surface area contributed by atoms with Gasteiger partial charge in [0.2, 0.25) is 5.82 Å². The van der Waals surface area contributed by atoms with Gasteiger partial charge >= 0.3 is 0 Å². The average molecular weight is 305 g/mol. The van der Waals surface area contributed by atoms with Crippen molar-refractivity contribution in [3.63, 3.8) is 0 Å². The Labute approximate surface area is 126 Å². The summed E-state index contributed by atoms with van der Waals surface area (Å²) in [5.74, 6) is 0.915. The highest BCUT2D eigenvalue weighted by Gasteiger charge is 2.13. The second-order valence-electron chi connectivity index (χ2n) is 4.42. The number of halogens is 2. The fourth-order valence-electron chi connectivity index (χ4n) is 1.90. The second kappa shape index (κ2) is 5.27. The molecule has 0 N–H and O–H groups in total. The number of aromatic nitrogens is 2. The molecule has 100 valence electrons. The van der Waals surface area contributed by atoms with Crippen LogP contribution in [0.4, 0.5) is 0 Å². The lowest BCUT2D eigenvalue weighted by molar-refractivity contribution is 0.432. The van der Waals surface area contributed by atoms with Gasteiger partial charge in [-0.15, -0.1) is 0 Å². The predicted octanol–water partition coefficient (Wildman–Crippen LogP) is 5.02. The van der Waals surface area contributed by atoms with Crippen molar-refractivity contribution in [2.45, 2.75) is 6.92 Å². The van der Waals surface area contributed by atoms with Crippen molar-refractivity contribution < 1.29 is 4.52 Å². The molecule has 1 aromatic heterocycles. The summed E-state index contributed by atoms with van der Waals surface area (Å²) in [7, 11) is 0. The van der Waals surface area contributed by atoms with E-state index < -0.39 is 0 Å².